The molecule has 0 spiro atoms. The van der Waals surface area contributed by atoms with Crippen molar-refractivity contribution in [3.8, 4) is 84.9 Å². The Hall–Kier alpha value is -11.8. The van der Waals surface area contributed by atoms with Crippen LogP contribution in [0, 0.1) is 0 Å². The molecule has 410 valence electrons. The Morgan fingerprint density at radius 1 is 0.250 bits per heavy atom. The molecule has 9 heteroatoms. The van der Waals surface area contributed by atoms with Gasteiger partial charge in [0.2, 0.25) is 0 Å². The summed E-state index contributed by atoms with van der Waals surface area (Å²) in [6.07, 6.45) is 0. The van der Waals surface area contributed by atoms with E-state index < -0.39 is 0 Å². The average molecular weight is 1120 g/mol. The minimum Gasteiger partial charge on any atom is -0.311 e. The van der Waals surface area contributed by atoms with Crippen LogP contribution in [0.1, 0.15) is 0 Å². The van der Waals surface area contributed by atoms with Gasteiger partial charge in [-0.1, -0.05) is 218 Å². The third-order valence-corrected chi connectivity index (χ3v) is 17.2. The van der Waals surface area contributed by atoms with Gasteiger partial charge in [0.05, 0.1) is 28.1 Å². The SMILES string of the molecule is c1ccc(-c2cc(-c3ccccc3)nc(-c3ccc(-n4c5ccccc5c5ccccc54)c(-c4nc(-c5ccccc5)nc(-c5cccc(-c6cc7c8c(c6)N(c6ccccc6)c6ccccc6B8c6ccccc6N7c6ccccc6)c5)n4)c3)n2)cc1. The van der Waals surface area contributed by atoms with Crippen LogP contribution in [-0.4, -0.2) is 36.2 Å². The summed E-state index contributed by atoms with van der Waals surface area (Å²) in [4.78, 5) is 32.1. The Kier molecular flexibility index (Phi) is 12.1. The smallest absolute Gasteiger partial charge is 0.252 e. The van der Waals surface area contributed by atoms with E-state index in [1.54, 1.807) is 0 Å². The van der Waals surface area contributed by atoms with Crippen molar-refractivity contribution in [2.24, 2.45) is 0 Å². The summed E-state index contributed by atoms with van der Waals surface area (Å²) in [5.74, 6) is 2.18. The Morgan fingerprint density at radius 2 is 0.670 bits per heavy atom. The fourth-order valence-corrected chi connectivity index (χ4v) is 13.3. The van der Waals surface area contributed by atoms with Crippen LogP contribution < -0.4 is 26.2 Å². The van der Waals surface area contributed by atoms with Gasteiger partial charge in [0.25, 0.3) is 6.71 Å². The highest BCUT2D eigenvalue weighted by molar-refractivity contribution is 7.00. The van der Waals surface area contributed by atoms with Gasteiger partial charge in [-0.25, -0.2) is 24.9 Å². The fourth-order valence-electron chi connectivity index (χ4n) is 13.3. The van der Waals surface area contributed by atoms with Crippen LogP contribution in [0.15, 0.2) is 309 Å². The van der Waals surface area contributed by atoms with Crippen molar-refractivity contribution in [3.05, 3.63) is 309 Å². The molecule has 12 aromatic carbocycles. The number of aromatic nitrogens is 6. The van der Waals surface area contributed by atoms with Crippen LogP contribution in [0.2, 0.25) is 0 Å². The molecule has 0 unspecified atom stereocenters. The summed E-state index contributed by atoms with van der Waals surface area (Å²) >= 11 is 0. The lowest BCUT2D eigenvalue weighted by Crippen LogP contribution is -2.61. The lowest BCUT2D eigenvalue weighted by molar-refractivity contribution is 1.06. The molecule has 0 bridgehead atoms. The quantitative estimate of drug-likeness (QED) is 0.126. The molecule has 0 saturated heterocycles. The number of nitrogens with zero attached hydrogens (tertiary/aromatic N) is 8. The molecule has 15 aromatic rings. The molecule has 2 aliphatic heterocycles. The van der Waals surface area contributed by atoms with Crippen LogP contribution in [0.4, 0.5) is 34.1 Å². The molecule has 0 saturated carbocycles. The average Bonchev–Trinajstić information content (AvgIpc) is 0.829. The maximum Gasteiger partial charge on any atom is 0.252 e. The monoisotopic (exact) mass is 1120 g/mol. The zero-order valence-corrected chi connectivity index (χ0v) is 47.6. The van der Waals surface area contributed by atoms with E-state index in [4.69, 9.17) is 24.9 Å². The summed E-state index contributed by atoms with van der Waals surface area (Å²) in [5.41, 5.74) is 22.6. The highest BCUT2D eigenvalue weighted by Crippen LogP contribution is 2.47. The van der Waals surface area contributed by atoms with Gasteiger partial charge >= 0.3 is 0 Å². The molecule has 2 aliphatic rings. The van der Waals surface area contributed by atoms with E-state index in [9.17, 15) is 0 Å². The van der Waals surface area contributed by atoms with Crippen molar-refractivity contribution >= 4 is 79.0 Å². The molecule has 88 heavy (non-hydrogen) atoms. The Labute approximate surface area is 509 Å². The lowest BCUT2D eigenvalue weighted by atomic mass is 9.33. The number of rotatable bonds is 10. The van der Waals surface area contributed by atoms with Crippen LogP contribution in [-0.2, 0) is 0 Å². The summed E-state index contributed by atoms with van der Waals surface area (Å²) in [6, 6.07) is 109. The van der Waals surface area contributed by atoms with Gasteiger partial charge in [-0.2, -0.15) is 0 Å². The zero-order valence-electron chi connectivity index (χ0n) is 47.6. The van der Waals surface area contributed by atoms with Crippen molar-refractivity contribution in [1.29, 1.82) is 0 Å². The van der Waals surface area contributed by atoms with E-state index >= 15 is 0 Å². The fraction of sp³-hybridized carbons (Fsp3) is 0. The van der Waals surface area contributed by atoms with Gasteiger partial charge in [0.15, 0.2) is 23.3 Å². The van der Waals surface area contributed by atoms with Crippen molar-refractivity contribution in [2.45, 2.75) is 0 Å². The lowest BCUT2D eigenvalue weighted by Gasteiger charge is -2.44. The highest BCUT2D eigenvalue weighted by Gasteiger charge is 2.43. The van der Waals surface area contributed by atoms with Gasteiger partial charge in [0.1, 0.15) is 0 Å². The molecule has 0 fully saturated rings. The van der Waals surface area contributed by atoms with E-state index in [0.29, 0.717) is 23.3 Å². The van der Waals surface area contributed by atoms with Crippen LogP contribution >= 0.6 is 0 Å². The predicted molar refractivity (Wildman–Crippen MR) is 362 cm³/mol. The largest absolute Gasteiger partial charge is 0.311 e. The van der Waals surface area contributed by atoms with Crippen molar-refractivity contribution < 1.29 is 0 Å². The molecule has 0 atom stereocenters. The molecule has 17 rings (SSSR count). The first-order valence-electron chi connectivity index (χ1n) is 29.8. The number of para-hydroxylation sites is 6. The summed E-state index contributed by atoms with van der Waals surface area (Å²) in [6.45, 7) is -0.00560. The molecule has 0 N–H and O–H groups in total. The number of fused-ring (bicyclic) bond motifs is 7. The highest BCUT2D eigenvalue weighted by atomic mass is 15.2. The van der Waals surface area contributed by atoms with Crippen LogP contribution in [0.3, 0.4) is 0 Å². The second-order valence-electron chi connectivity index (χ2n) is 22.4. The molecule has 8 nitrogen and oxygen atoms in total. The Bertz CT molecular complexity index is 4950. The molecule has 3 aromatic heterocycles. The molecule has 0 amide bonds. The van der Waals surface area contributed by atoms with E-state index in [0.717, 1.165) is 118 Å². The minimum atomic E-state index is -0.00560. The van der Waals surface area contributed by atoms with Gasteiger partial charge in [-0.05, 0) is 119 Å². The van der Waals surface area contributed by atoms with Crippen molar-refractivity contribution in [2.75, 3.05) is 9.80 Å². The zero-order chi connectivity index (χ0) is 58.1. The Morgan fingerprint density at radius 3 is 1.23 bits per heavy atom. The van der Waals surface area contributed by atoms with Crippen LogP contribution in [0.5, 0.6) is 0 Å². The summed E-state index contributed by atoms with van der Waals surface area (Å²) in [7, 11) is 0. The Balaban J connectivity index is 0.890. The first kappa shape index (κ1) is 50.7. The topological polar surface area (TPSA) is 75.9 Å². The second-order valence-corrected chi connectivity index (χ2v) is 22.4. The molecule has 5 heterocycles. The summed E-state index contributed by atoms with van der Waals surface area (Å²) in [5, 5.41) is 2.30. The number of anilines is 6. The van der Waals surface area contributed by atoms with E-state index in [1.165, 1.54) is 16.4 Å². The minimum absolute atomic E-state index is 0.00560. The number of hydrogen-bond donors (Lipinski definition) is 0. The third-order valence-electron chi connectivity index (χ3n) is 17.2. The molecular formula is C79H51BN8. The molecular weight excluding hydrogens is 1070 g/mol. The maximum absolute atomic E-state index is 5.61. The number of hydrogen-bond acceptors (Lipinski definition) is 7. The van der Waals surface area contributed by atoms with Gasteiger partial charge in [0, 0.05) is 78.3 Å². The van der Waals surface area contributed by atoms with E-state index in [-0.39, 0.29) is 6.71 Å². The molecule has 0 radical (unpaired) electrons. The van der Waals surface area contributed by atoms with Gasteiger partial charge in [-0.15, -0.1) is 0 Å². The maximum atomic E-state index is 5.61. The molecule has 0 aliphatic carbocycles. The van der Waals surface area contributed by atoms with Gasteiger partial charge in [-0.3, -0.25) is 0 Å². The van der Waals surface area contributed by atoms with Crippen LogP contribution in [0.25, 0.3) is 107 Å². The van der Waals surface area contributed by atoms with Crippen molar-refractivity contribution in [1.82, 2.24) is 29.5 Å². The predicted octanol–water partition coefficient (Wildman–Crippen LogP) is 17.5. The number of benzene rings is 12. The standard InChI is InChI=1S/C79H51BN8/c1-6-25-52(26-7-1)66-51-67(53-27-8-2-9-28-53)82-77(81-66)57-45-46-70(88-68-41-20-16-37-61(68)62-38-17-21-42-69(62)88)63(48-57)79-84-76(54-29-10-3-11-30-54)83-78(85-79)56-32-24-31-55(47-56)58-49-73-75-74(50-58)87(60-35-14-5-15-36-60)72-44-23-19-40-65(72)80(75)64-39-18-22-43-71(64)86(73)59-33-12-4-13-34-59/h1-51H. The van der Waals surface area contributed by atoms with Gasteiger partial charge < -0.3 is 14.4 Å². The second kappa shape index (κ2) is 21.1. The third kappa shape index (κ3) is 8.58. The normalized spacial score (nSPS) is 12.2. The first-order valence-corrected chi connectivity index (χ1v) is 29.8. The van der Waals surface area contributed by atoms with Crippen molar-refractivity contribution in [3.63, 3.8) is 0 Å². The first-order chi connectivity index (χ1) is 43.6. The van der Waals surface area contributed by atoms with E-state index in [1.807, 2.05) is 54.6 Å². The summed E-state index contributed by atoms with van der Waals surface area (Å²) < 4.78 is 2.34. The van der Waals surface area contributed by atoms with E-state index in [2.05, 4.69) is 269 Å².